The lowest BCUT2D eigenvalue weighted by Gasteiger charge is -2.15. The minimum Gasteiger partial charge on any atom is -0.267 e. The number of thiocarbonyl (C=S) groups is 1. The van der Waals surface area contributed by atoms with Crippen LogP contribution in [0.1, 0.15) is 15.9 Å². The van der Waals surface area contributed by atoms with E-state index >= 15 is 0 Å². The molecule has 1 fully saturated rings. The van der Waals surface area contributed by atoms with Crippen LogP contribution in [0.15, 0.2) is 47.4 Å². The SMILES string of the molecule is O=C(NN1C(=O)/C(=C\c2cccc(Cl)c2Cl)SC1=S)c1ccc(Cl)cc1. The number of amides is 2. The Morgan fingerprint density at radius 2 is 1.81 bits per heavy atom. The summed E-state index contributed by atoms with van der Waals surface area (Å²) in [7, 11) is 0. The van der Waals surface area contributed by atoms with Crippen LogP contribution in [0.3, 0.4) is 0 Å². The van der Waals surface area contributed by atoms with E-state index in [0.717, 1.165) is 16.8 Å². The Bertz CT molecular complexity index is 946. The van der Waals surface area contributed by atoms with Crippen LogP contribution in [0.2, 0.25) is 15.1 Å². The molecule has 0 bridgehead atoms. The van der Waals surface area contributed by atoms with E-state index in [1.54, 1.807) is 48.5 Å². The molecule has 132 valence electrons. The molecule has 1 saturated heterocycles. The van der Waals surface area contributed by atoms with Crippen molar-refractivity contribution in [3.8, 4) is 0 Å². The highest BCUT2D eigenvalue weighted by Crippen LogP contribution is 2.34. The van der Waals surface area contributed by atoms with E-state index < -0.39 is 11.8 Å². The van der Waals surface area contributed by atoms with Gasteiger partial charge in [0, 0.05) is 10.6 Å². The minimum absolute atomic E-state index is 0.210. The van der Waals surface area contributed by atoms with Crippen LogP contribution in [-0.4, -0.2) is 21.1 Å². The third kappa shape index (κ3) is 4.05. The van der Waals surface area contributed by atoms with Crippen LogP contribution in [0, 0.1) is 0 Å². The molecule has 9 heteroatoms. The van der Waals surface area contributed by atoms with Crippen LogP contribution in [-0.2, 0) is 4.79 Å². The first-order chi connectivity index (χ1) is 12.4. The second kappa shape index (κ2) is 7.98. The monoisotopic (exact) mass is 442 g/mol. The Morgan fingerprint density at radius 1 is 1.12 bits per heavy atom. The Labute approximate surface area is 174 Å². The molecule has 2 aromatic rings. The first-order valence-electron chi connectivity index (χ1n) is 7.15. The van der Waals surface area contributed by atoms with Crippen molar-refractivity contribution in [1.82, 2.24) is 10.4 Å². The quantitative estimate of drug-likeness (QED) is 0.524. The van der Waals surface area contributed by atoms with Crippen LogP contribution in [0.4, 0.5) is 0 Å². The average Bonchev–Trinajstić information content (AvgIpc) is 2.87. The summed E-state index contributed by atoms with van der Waals surface area (Å²) in [6, 6.07) is 11.4. The predicted octanol–water partition coefficient (Wildman–Crippen LogP) is 5.19. The van der Waals surface area contributed by atoms with Gasteiger partial charge in [-0.05, 0) is 54.2 Å². The zero-order valence-corrected chi connectivity index (χ0v) is 16.7. The molecule has 0 radical (unpaired) electrons. The maximum Gasteiger partial charge on any atom is 0.285 e. The summed E-state index contributed by atoms with van der Waals surface area (Å²) in [5.41, 5.74) is 3.43. The van der Waals surface area contributed by atoms with E-state index in [0.29, 0.717) is 31.1 Å². The van der Waals surface area contributed by atoms with Gasteiger partial charge in [0.25, 0.3) is 11.8 Å². The molecule has 0 unspecified atom stereocenters. The summed E-state index contributed by atoms with van der Waals surface area (Å²) in [5, 5.41) is 2.26. The van der Waals surface area contributed by atoms with E-state index in [2.05, 4.69) is 5.43 Å². The van der Waals surface area contributed by atoms with Gasteiger partial charge in [0.15, 0.2) is 4.32 Å². The Kier molecular flexibility index (Phi) is 5.89. The summed E-state index contributed by atoms with van der Waals surface area (Å²) in [6.45, 7) is 0. The topological polar surface area (TPSA) is 49.4 Å². The number of hydrogen-bond donors (Lipinski definition) is 1. The van der Waals surface area contributed by atoms with Gasteiger partial charge in [0.05, 0.1) is 15.0 Å². The molecule has 4 nitrogen and oxygen atoms in total. The molecule has 2 aromatic carbocycles. The van der Waals surface area contributed by atoms with Crippen LogP contribution < -0.4 is 5.43 Å². The van der Waals surface area contributed by atoms with E-state index in [1.807, 2.05) is 0 Å². The van der Waals surface area contributed by atoms with E-state index in [4.69, 9.17) is 47.0 Å². The molecule has 0 atom stereocenters. The third-order valence-corrected chi connectivity index (χ3v) is 5.77. The summed E-state index contributed by atoms with van der Waals surface area (Å²) in [5.74, 6) is -0.918. The number of hydrogen-bond acceptors (Lipinski definition) is 4. The zero-order chi connectivity index (χ0) is 18.8. The van der Waals surface area contributed by atoms with Crippen LogP contribution in [0.25, 0.3) is 6.08 Å². The van der Waals surface area contributed by atoms with Gasteiger partial charge in [-0.1, -0.05) is 58.7 Å². The fourth-order valence-corrected chi connectivity index (χ4v) is 3.76. The first-order valence-corrected chi connectivity index (χ1v) is 9.51. The van der Waals surface area contributed by atoms with Gasteiger partial charge < -0.3 is 0 Å². The second-order valence-corrected chi connectivity index (χ2v) is 8.01. The van der Waals surface area contributed by atoms with Gasteiger partial charge in [-0.15, -0.1) is 0 Å². The van der Waals surface area contributed by atoms with E-state index in [1.165, 1.54) is 0 Å². The molecule has 1 aliphatic heterocycles. The van der Waals surface area contributed by atoms with Crippen molar-refractivity contribution in [2.24, 2.45) is 0 Å². The number of halogens is 3. The maximum atomic E-state index is 12.6. The molecular formula is C17H9Cl3N2O2S2. The molecular weight excluding hydrogens is 435 g/mol. The van der Waals surface area contributed by atoms with Crippen molar-refractivity contribution in [2.45, 2.75) is 0 Å². The maximum absolute atomic E-state index is 12.6. The number of nitrogens with zero attached hydrogens (tertiary/aromatic N) is 1. The molecule has 26 heavy (non-hydrogen) atoms. The van der Waals surface area contributed by atoms with Crippen molar-refractivity contribution in [2.75, 3.05) is 0 Å². The first kappa shape index (κ1) is 19.2. The van der Waals surface area contributed by atoms with Crippen molar-refractivity contribution in [1.29, 1.82) is 0 Å². The van der Waals surface area contributed by atoms with Crippen molar-refractivity contribution < 1.29 is 9.59 Å². The van der Waals surface area contributed by atoms with Gasteiger partial charge in [-0.3, -0.25) is 15.0 Å². The van der Waals surface area contributed by atoms with Crippen molar-refractivity contribution in [3.05, 3.63) is 73.6 Å². The summed E-state index contributed by atoms with van der Waals surface area (Å²) in [4.78, 5) is 25.2. The highest BCUT2D eigenvalue weighted by Gasteiger charge is 2.34. The summed E-state index contributed by atoms with van der Waals surface area (Å²) in [6.07, 6.45) is 1.59. The molecule has 0 aromatic heterocycles. The van der Waals surface area contributed by atoms with Crippen LogP contribution >= 0.6 is 58.8 Å². The summed E-state index contributed by atoms with van der Waals surface area (Å²) >= 11 is 24.2. The van der Waals surface area contributed by atoms with Gasteiger partial charge >= 0.3 is 0 Å². The molecule has 1 N–H and O–H groups in total. The fraction of sp³-hybridized carbons (Fsp3) is 0. The van der Waals surface area contributed by atoms with Gasteiger partial charge in [-0.25, -0.2) is 0 Å². The van der Waals surface area contributed by atoms with Gasteiger partial charge in [0.1, 0.15) is 0 Å². The lowest BCUT2D eigenvalue weighted by atomic mass is 10.2. The lowest BCUT2D eigenvalue weighted by molar-refractivity contribution is -0.123. The van der Waals surface area contributed by atoms with Crippen LogP contribution in [0.5, 0.6) is 0 Å². The number of thioether (sulfide) groups is 1. The molecule has 2 amide bonds. The third-order valence-electron chi connectivity index (χ3n) is 3.38. The molecule has 1 heterocycles. The highest BCUT2D eigenvalue weighted by atomic mass is 35.5. The lowest BCUT2D eigenvalue weighted by Crippen LogP contribution is -2.44. The zero-order valence-electron chi connectivity index (χ0n) is 12.8. The largest absolute Gasteiger partial charge is 0.285 e. The van der Waals surface area contributed by atoms with Crippen molar-refractivity contribution in [3.63, 3.8) is 0 Å². The van der Waals surface area contributed by atoms with E-state index in [-0.39, 0.29) is 4.32 Å². The smallest absolute Gasteiger partial charge is 0.267 e. The normalized spacial score (nSPS) is 15.7. The number of hydrazine groups is 1. The molecule has 3 rings (SSSR count). The number of rotatable bonds is 3. The second-order valence-electron chi connectivity index (χ2n) is 5.11. The number of carbonyl (C=O) groups is 2. The predicted molar refractivity (Wildman–Crippen MR) is 110 cm³/mol. The highest BCUT2D eigenvalue weighted by molar-refractivity contribution is 8.26. The number of nitrogens with one attached hydrogen (secondary N) is 1. The standard InChI is InChI=1S/C17H9Cl3N2O2S2/c18-11-6-4-9(5-7-11)15(23)21-22-16(24)13(26-17(22)25)8-10-2-1-3-12(19)14(10)20/h1-8H,(H,21,23)/b13-8+. The summed E-state index contributed by atoms with van der Waals surface area (Å²) < 4.78 is 0.210. The van der Waals surface area contributed by atoms with Gasteiger partial charge in [0.2, 0.25) is 0 Å². The van der Waals surface area contributed by atoms with Gasteiger partial charge in [-0.2, -0.15) is 5.01 Å². The molecule has 0 saturated carbocycles. The Morgan fingerprint density at radius 3 is 2.50 bits per heavy atom. The minimum atomic E-state index is -0.472. The number of benzene rings is 2. The fourth-order valence-electron chi connectivity index (χ4n) is 2.10. The Balaban J connectivity index is 1.80. The Hall–Kier alpha value is -1.57. The van der Waals surface area contributed by atoms with E-state index in [9.17, 15) is 9.59 Å². The molecule has 0 aliphatic carbocycles. The van der Waals surface area contributed by atoms with Crippen molar-refractivity contribution >= 4 is 81.0 Å². The average molecular weight is 444 g/mol. The number of carbonyl (C=O) groups excluding carboxylic acids is 2. The molecule has 0 spiro atoms. The molecule has 1 aliphatic rings.